The summed E-state index contributed by atoms with van der Waals surface area (Å²) in [4.78, 5) is 10.6. The van der Waals surface area contributed by atoms with Crippen LogP contribution in [0.2, 0.25) is 0 Å². The summed E-state index contributed by atoms with van der Waals surface area (Å²) in [5, 5.41) is 7.10. The van der Waals surface area contributed by atoms with Gasteiger partial charge in [0.25, 0.3) is 0 Å². The van der Waals surface area contributed by atoms with Crippen molar-refractivity contribution in [3.05, 3.63) is 5.69 Å². The van der Waals surface area contributed by atoms with Crippen LogP contribution in [0, 0.1) is 6.92 Å². The Morgan fingerprint density at radius 2 is 2.11 bits per heavy atom. The second-order valence-electron chi connectivity index (χ2n) is 4.96. The van der Waals surface area contributed by atoms with Gasteiger partial charge in [-0.15, -0.1) is 0 Å². The number of rotatable bonds is 9. The summed E-state index contributed by atoms with van der Waals surface area (Å²) in [7, 11) is 0. The molecular formula is C14H26N4O. The van der Waals surface area contributed by atoms with E-state index in [1.165, 1.54) is 25.7 Å². The topological polar surface area (TPSA) is 72.9 Å². The maximum atomic E-state index is 10.6. The molecule has 19 heavy (non-hydrogen) atoms. The average molecular weight is 266 g/mol. The molecule has 1 heterocycles. The zero-order valence-corrected chi connectivity index (χ0v) is 12.3. The zero-order valence-electron chi connectivity index (χ0n) is 12.3. The normalized spacial score (nSPS) is 12.4. The number of aromatic nitrogens is 2. The molecule has 1 amide bonds. The number of nitrogens with one attached hydrogen (secondary N) is 1. The number of aryl methyl sites for hydroxylation is 1. The standard InChI is InChI=1S/C14H26N4O/c1-4-6-7-8-9-12(5-2)18-14(15)13(16-10-19)11(3)17-18/h10,12H,4-9,15H2,1-3H3,(H,16,19). The number of hydrogen-bond donors (Lipinski definition) is 2. The van der Waals surface area contributed by atoms with E-state index in [1.807, 2.05) is 11.6 Å². The van der Waals surface area contributed by atoms with Gasteiger partial charge in [0.1, 0.15) is 11.5 Å². The summed E-state index contributed by atoms with van der Waals surface area (Å²) < 4.78 is 1.87. The molecule has 0 aliphatic rings. The van der Waals surface area contributed by atoms with Crippen LogP contribution in [0.25, 0.3) is 0 Å². The first-order valence-electron chi connectivity index (χ1n) is 7.20. The van der Waals surface area contributed by atoms with Crippen molar-refractivity contribution >= 4 is 17.9 Å². The molecule has 108 valence electrons. The molecule has 5 heteroatoms. The molecule has 0 saturated heterocycles. The lowest BCUT2D eigenvalue weighted by Crippen LogP contribution is -2.13. The molecule has 0 aliphatic heterocycles. The third kappa shape index (κ3) is 3.98. The van der Waals surface area contributed by atoms with E-state index in [4.69, 9.17) is 5.73 Å². The third-order valence-corrected chi connectivity index (χ3v) is 3.53. The van der Waals surface area contributed by atoms with E-state index in [0.717, 1.165) is 18.5 Å². The van der Waals surface area contributed by atoms with Crippen molar-refractivity contribution in [2.24, 2.45) is 0 Å². The van der Waals surface area contributed by atoms with Crippen molar-refractivity contribution < 1.29 is 4.79 Å². The van der Waals surface area contributed by atoms with E-state index in [9.17, 15) is 4.79 Å². The van der Waals surface area contributed by atoms with Crippen LogP contribution in [0.5, 0.6) is 0 Å². The Kier molecular flexibility index (Phi) is 6.39. The van der Waals surface area contributed by atoms with E-state index in [-0.39, 0.29) is 0 Å². The first-order valence-corrected chi connectivity index (χ1v) is 7.20. The summed E-state index contributed by atoms with van der Waals surface area (Å²) in [5.41, 5.74) is 7.49. The Morgan fingerprint density at radius 1 is 1.37 bits per heavy atom. The Morgan fingerprint density at radius 3 is 2.68 bits per heavy atom. The monoisotopic (exact) mass is 266 g/mol. The molecule has 0 fully saturated rings. The molecule has 0 bridgehead atoms. The van der Waals surface area contributed by atoms with Crippen molar-refractivity contribution in [2.75, 3.05) is 11.1 Å². The third-order valence-electron chi connectivity index (χ3n) is 3.53. The maximum Gasteiger partial charge on any atom is 0.211 e. The summed E-state index contributed by atoms with van der Waals surface area (Å²) >= 11 is 0. The van der Waals surface area contributed by atoms with Crippen molar-refractivity contribution in [3.63, 3.8) is 0 Å². The van der Waals surface area contributed by atoms with Crippen LogP contribution in [0.1, 0.15) is 64.1 Å². The lowest BCUT2D eigenvalue weighted by atomic mass is 10.1. The van der Waals surface area contributed by atoms with Gasteiger partial charge >= 0.3 is 0 Å². The average Bonchev–Trinajstić information content (AvgIpc) is 2.68. The summed E-state index contributed by atoms with van der Waals surface area (Å²) in [6.45, 7) is 6.22. The molecule has 0 aromatic carbocycles. The predicted octanol–water partition coefficient (Wildman–Crippen LogP) is 3.26. The highest BCUT2D eigenvalue weighted by Gasteiger charge is 2.17. The number of carbonyl (C=O) groups excluding carboxylic acids is 1. The van der Waals surface area contributed by atoms with E-state index >= 15 is 0 Å². The molecule has 1 unspecified atom stereocenters. The molecule has 0 radical (unpaired) electrons. The molecule has 3 N–H and O–H groups in total. The second-order valence-corrected chi connectivity index (χ2v) is 4.96. The minimum Gasteiger partial charge on any atom is -0.382 e. The molecule has 0 saturated carbocycles. The molecule has 1 rings (SSSR count). The number of carbonyl (C=O) groups is 1. The van der Waals surface area contributed by atoms with Crippen molar-refractivity contribution in [2.45, 2.75) is 65.3 Å². The molecule has 1 atom stereocenters. The van der Waals surface area contributed by atoms with Crippen molar-refractivity contribution in [1.29, 1.82) is 0 Å². The van der Waals surface area contributed by atoms with E-state index in [1.54, 1.807) is 0 Å². The number of anilines is 2. The van der Waals surface area contributed by atoms with Crippen LogP contribution in [-0.4, -0.2) is 16.2 Å². The summed E-state index contributed by atoms with van der Waals surface area (Å²) in [6, 6.07) is 0.317. The highest BCUT2D eigenvalue weighted by atomic mass is 16.1. The molecular weight excluding hydrogens is 240 g/mol. The van der Waals surface area contributed by atoms with Gasteiger partial charge in [0.15, 0.2) is 0 Å². The Hall–Kier alpha value is -1.52. The first kappa shape index (κ1) is 15.5. The fourth-order valence-corrected chi connectivity index (χ4v) is 2.39. The Labute approximate surface area is 115 Å². The highest BCUT2D eigenvalue weighted by Crippen LogP contribution is 2.29. The number of unbranched alkanes of at least 4 members (excludes halogenated alkanes) is 3. The van der Waals surface area contributed by atoms with Gasteiger partial charge in [0.05, 0.1) is 11.7 Å². The summed E-state index contributed by atoms with van der Waals surface area (Å²) in [6.07, 6.45) is 7.70. The first-order chi connectivity index (χ1) is 9.15. The maximum absolute atomic E-state index is 10.6. The van der Waals surface area contributed by atoms with Gasteiger partial charge in [0, 0.05) is 0 Å². The number of nitrogens with two attached hydrogens (primary N) is 1. The van der Waals surface area contributed by atoms with Crippen LogP contribution in [0.15, 0.2) is 0 Å². The minimum atomic E-state index is 0.317. The SMILES string of the molecule is CCCCCCC(CC)n1nc(C)c(NC=O)c1N. The van der Waals surface area contributed by atoms with Gasteiger partial charge in [0.2, 0.25) is 6.41 Å². The lowest BCUT2D eigenvalue weighted by Gasteiger charge is -2.17. The zero-order chi connectivity index (χ0) is 14.3. The van der Waals surface area contributed by atoms with Gasteiger partial charge in [-0.2, -0.15) is 5.10 Å². The van der Waals surface area contributed by atoms with Gasteiger partial charge in [-0.1, -0.05) is 39.5 Å². The fraction of sp³-hybridized carbons (Fsp3) is 0.714. The van der Waals surface area contributed by atoms with Crippen LogP contribution >= 0.6 is 0 Å². The molecule has 1 aromatic heterocycles. The molecule has 0 aliphatic carbocycles. The lowest BCUT2D eigenvalue weighted by molar-refractivity contribution is -0.105. The van der Waals surface area contributed by atoms with Gasteiger partial charge < -0.3 is 11.1 Å². The van der Waals surface area contributed by atoms with Crippen molar-refractivity contribution in [1.82, 2.24) is 9.78 Å². The molecule has 1 aromatic rings. The van der Waals surface area contributed by atoms with Crippen LogP contribution in [-0.2, 0) is 4.79 Å². The fourth-order valence-electron chi connectivity index (χ4n) is 2.39. The van der Waals surface area contributed by atoms with Gasteiger partial charge in [-0.05, 0) is 19.8 Å². The smallest absolute Gasteiger partial charge is 0.211 e. The second kappa shape index (κ2) is 7.81. The Balaban J connectivity index is 2.75. The largest absolute Gasteiger partial charge is 0.382 e. The molecule has 5 nitrogen and oxygen atoms in total. The van der Waals surface area contributed by atoms with Gasteiger partial charge in [-0.25, -0.2) is 4.68 Å². The van der Waals surface area contributed by atoms with E-state index < -0.39 is 0 Å². The minimum absolute atomic E-state index is 0.317. The predicted molar refractivity (Wildman–Crippen MR) is 79.2 cm³/mol. The van der Waals surface area contributed by atoms with Crippen LogP contribution in [0.4, 0.5) is 11.5 Å². The summed E-state index contributed by atoms with van der Waals surface area (Å²) in [5.74, 6) is 0.562. The van der Waals surface area contributed by atoms with E-state index in [2.05, 4.69) is 24.3 Å². The van der Waals surface area contributed by atoms with Gasteiger partial charge in [-0.3, -0.25) is 4.79 Å². The quantitative estimate of drug-likeness (QED) is 0.532. The number of nitrogens with zero attached hydrogens (tertiary/aromatic N) is 2. The number of amides is 1. The highest BCUT2D eigenvalue weighted by molar-refractivity contribution is 5.79. The number of hydrogen-bond acceptors (Lipinski definition) is 3. The van der Waals surface area contributed by atoms with Crippen LogP contribution in [0.3, 0.4) is 0 Å². The Bertz CT molecular complexity index is 400. The van der Waals surface area contributed by atoms with E-state index in [0.29, 0.717) is 24.0 Å². The van der Waals surface area contributed by atoms with Crippen LogP contribution < -0.4 is 11.1 Å². The van der Waals surface area contributed by atoms with Crippen molar-refractivity contribution in [3.8, 4) is 0 Å². The molecule has 0 spiro atoms. The number of nitrogen functional groups attached to an aromatic ring is 1.